The molecule has 64 heavy (non-hydrogen) atoms. The first-order chi connectivity index (χ1) is 30.9. The number of nitrogens with one attached hydrogen (secondary N) is 1. The molecule has 3 aromatic heterocycles. The standard InChI is InChI=1S/C42H70N9O12P/c1-6-7-8-9-10-11-12-13-14-15-16-17-18-19-20-22-49(32(52)24-28-30(26-57-2)62-39(34(28)58-3)50-23-21-31(43)46-42(50)54)25-29-35(63-64(55,56)60-5)36(59-4)40(61-29)51-27-45-33-37(51)47-41(44)48-38(33)53/h21,23,27-30,34-36,39-40H,6-20,22,24-26H2,1-5H3,(H,55,56)(H2,43,46,54)(H3,44,47,48,53)/t28?,29-,30-,34?,35?,36?,39-,40-/m1/s1. The number of phosphoric ester groups is 1. The molecule has 0 bridgehead atoms. The summed E-state index contributed by atoms with van der Waals surface area (Å²) in [7, 11) is 0.746. The van der Waals surface area contributed by atoms with Gasteiger partial charge in [0.2, 0.25) is 11.9 Å². The third kappa shape index (κ3) is 13.6. The lowest BCUT2D eigenvalue weighted by Gasteiger charge is -2.31. The van der Waals surface area contributed by atoms with Gasteiger partial charge in [0.25, 0.3) is 5.56 Å². The maximum atomic E-state index is 14.7. The molecule has 0 spiro atoms. The number of imidazole rings is 1. The normalized spacial score (nSPS) is 24.4. The molecule has 22 heteroatoms. The van der Waals surface area contributed by atoms with E-state index in [1.165, 1.54) is 113 Å². The van der Waals surface area contributed by atoms with Gasteiger partial charge in [-0.3, -0.25) is 32.8 Å². The Morgan fingerprint density at radius 3 is 2.02 bits per heavy atom. The number of anilines is 2. The van der Waals surface area contributed by atoms with E-state index < -0.39 is 68.0 Å². The second-order valence-corrected chi connectivity index (χ2v) is 18.2. The molecule has 0 aromatic carbocycles. The van der Waals surface area contributed by atoms with Crippen LogP contribution in [0.2, 0.25) is 0 Å². The molecule has 5 rings (SSSR count). The Kier molecular flexibility index (Phi) is 20.2. The van der Waals surface area contributed by atoms with Crippen LogP contribution in [0.5, 0.6) is 0 Å². The fraction of sp³-hybridized carbons (Fsp3) is 0.762. The van der Waals surface area contributed by atoms with Gasteiger partial charge in [-0.2, -0.15) is 9.97 Å². The highest BCUT2D eigenvalue weighted by molar-refractivity contribution is 7.47. The number of ether oxygens (including phenoxy) is 5. The summed E-state index contributed by atoms with van der Waals surface area (Å²) in [6.07, 6.45) is 13.6. The Balaban J connectivity index is 1.33. The first kappa shape index (κ1) is 51.2. The lowest BCUT2D eigenvalue weighted by molar-refractivity contribution is -0.137. The van der Waals surface area contributed by atoms with Crippen molar-refractivity contribution in [3.05, 3.63) is 39.4 Å². The Labute approximate surface area is 374 Å². The average molecular weight is 924 g/mol. The van der Waals surface area contributed by atoms with Gasteiger partial charge in [-0.05, 0) is 12.5 Å². The van der Waals surface area contributed by atoms with Crippen LogP contribution in [0.25, 0.3) is 11.2 Å². The van der Waals surface area contributed by atoms with Gasteiger partial charge in [0, 0.05) is 60.1 Å². The minimum Gasteiger partial charge on any atom is -0.383 e. The number of nitrogens with two attached hydrogens (primary N) is 2. The Bertz CT molecular complexity index is 2070. The van der Waals surface area contributed by atoms with Crippen molar-refractivity contribution in [1.29, 1.82) is 0 Å². The number of nitrogens with zero attached hydrogens (tertiary/aromatic N) is 6. The first-order valence-corrected chi connectivity index (χ1v) is 24.1. The molecule has 360 valence electrons. The summed E-state index contributed by atoms with van der Waals surface area (Å²) in [4.78, 5) is 67.3. The van der Waals surface area contributed by atoms with E-state index in [-0.39, 0.29) is 48.4 Å². The lowest BCUT2D eigenvalue weighted by Crippen LogP contribution is -2.46. The number of carbonyl (C=O) groups excluding carboxylic acids is 1. The van der Waals surface area contributed by atoms with Gasteiger partial charge in [-0.1, -0.05) is 96.8 Å². The zero-order chi connectivity index (χ0) is 46.2. The lowest BCUT2D eigenvalue weighted by atomic mass is 9.93. The average Bonchev–Trinajstić information content (AvgIpc) is 3.94. The van der Waals surface area contributed by atoms with Gasteiger partial charge >= 0.3 is 13.5 Å². The van der Waals surface area contributed by atoms with Gasteiger partial charge in [0.15, 0.2) is 23.6 Å². The van der Waals surface area contributed by atoms with Crippen LogP contribution >= 0.6 is 7.82 Å². The SMILES string of the molecule is CCCCCCCCCCCCCCCCCN(C[C@H]1O[C@@H](n2cnc3c(=O)[nH]c(N)nc32)C(OC)C1OP(=O)(O)OC)C(=O)CC1C(OC)[C@H](n2ccc(N)nc2=O)O[C@@H]1COC. The van der Waals surface area contributed by atoms with E-state index in [1.54, 1.807) is 4.90 Å². The number of nitrogen functional groups attached to an aromatic ring is 2. The molecule has 5 heterocycles. The molecule has 0 aliphatic carbocycles. The third-order valence-corrected chi connectivity index (χ3v) is 13.2. The van der Waals surface area contributed by atoms with E-state index in [2.05, 4.69) is 26.9 Å². The van der Waals surface area contributed by atoms with Crippen molar-refractivity contribution >= 4 is 36.7 Å². The molecule has 2 fully saturated rings. The van der Waals surface area contributed by atoms with Crippen LogP contribution in [0.15, 0.2) is 28.2 Å². The highest BCUT2D eigenvalue weighted by Gasteiger charge is 2.52. The summed E-state index contributed by atoms with van der Waals surface area (Å²) in [6.45, 7) is 2.56. The molecule has 9 atom stereocenters. The van der Waals surface area contributed by atoms with E-state index in [1.807, 2.05) is 0 Å². The molecule has 2 saturated heterocycles. The van der Waals surface area contributed by atoms with Crippen molar-refractivity contribution in [3.8, 4) is 0 Å². The zero-order valence-corrected chi connectivity index (χ0v) is 38.9. The number of H-pyrrole nitrogens is 1. The monoisotopic (exact) mass is 923 g/mol. The summed E-state index contributed by atoms with van der Waals surface area (Å²) in [5.74, 6) is -0.981. The number of carbonyl (C=O) groups is 1. The molecule has 2 aliphatic heterocycles. The number of hydrogen-bond acceptors (Lipinski definition) is 16. The second-order valence-electron chi connectivity index (χ2n) is 16.7. The van der Waals surface area contributed by atoms with Crippen LogP contribution in [-0.4, -0.2) is 123 Å². The summed E-state index contributed by atoms with van der Waals surface area (Å²) >= 11 is 0. The van der Waals surface area contributed by atoms with Crippen molar-refractivity contribution in [2.75, 3.05) is 59.6 Å². The fourth-order valence-electron chi connectivity index (χ4n) is 8.81. The van der Waals surface area contributed by atoms with Crippen molar-refractivity contribution in [3.63, 3.8) is 0 Å². The highest BCUT2D eigenvalue weighted by atomic mass is 31.2. The maximum Gasteiger partial charge on any atom is 0.472 e. The molecule has 1 amide bonds. The Morgan fingerprint density at radius 1 is 0.844 bits per heavy atom. The van der Waals surface area contributed by atoms with Crippen molar-refractivity contribution < 1.29 is 47.0 Å². The molecular formula is C42H70N9O12P. The Hall–Kier alpha value is -3.79. The smallest absolute Gasteiger partial charge is 0.383 e. The van der Waals surface area contributed by atoms with Crippen molar-refractivity contribution in [1.82, 2.24) is 34.0 Å². The summed E-state index contributed by atoms with van der Waals surface area (Å²) in [6, 6.07) is 1.48. The zero-order valence-electron chi connectivity index (χ0n) is 38.0. The van der Waals surface area contributed by atoms with E-state index in [4.69, 9.17) is 44.2 Å². The van der Waals surface area contributed by atoms with Crippen LogP contribution in [0.4, 0.5) is 11.8 Å². The van der Waals surface area contributed by atoms with E-state index in [9.17, 15) is 23.8 Å². The molecule has 2 aliphatic rings. The van der Waals surface area contributed by atoms with Crippen LogP contribution in [0, 0.1) is 5.92 Å². The molecule has 0 saturated carbocycles. The van der Waals surface area contributed by atoms with Gasteiger partial charge in [-0.25, -0.2) is 14.3 Å². The quantitative estimate of drug-likeness (QED) is 0.0535. The third-order valence-electron chi connectivity index (χ3n) is 12.2. The van der Waals surface area contributed by atoms with Crippen LogP contribution < -0.4 is 22.7 Å². The molecule has 0 radical (unpaired) electrons. The van der Waals surface area contributed by atoms with Gasteiger partial charge in [0.1, 0.15) is 30.2 Å². The number of aromatic nitrogens is 6. The number of hydrogen-bond donors (Lipinski definition) is 4. The fourth-order valence-corrected chi connectivity index (χ4v) is 9.46. The molecule has 3 aromatic rings. The largest absolute Gasteiger partial charge is 0.472 e. The number of methoxy groups -OCH3 is 3. The molecular weight excluding hydrogens is 853 g/mol. The minimum absolute atomic E-state index is 0.0179. The van der Waals surface area contributed by atoms with Gasteiger partial charge in [-0.15, -0.1) is 0 Å². The number of rotatable bonds is 29. The number of fused-ring (bicyclic) bond motifs is 1. The summed E-state index contributed by atoms with van der Waals surface area (Å²) < 4.78 is 56.4. The predicted molar refractivity (Wildman–Crippen MR) is 238 cm³/mol. The summed E-state index contributed by atoms with van der Waals surface area (Å²) in [5, 5.41) is 0. The van der Waals surface area contributed by atoms with Gasteiger partial charge < -0.3 is 44.9 Å². The van der Waals surface area contributed by atoms with Crippen molar-refractivity contribution in [2.24, 2.45) is 5.92 Å². The maximum absolute atomic E-state index is 14.7. The second kappa shape index (κ2) is 25.2. The molecule has 6 N–H and O–H groups in total. The number of phosphoric acid groups is 1. The predicted octanol–water partition coefficient (Wildman–Crippen LogP) is 4.85. The summed E-state index contributed by atoms with van der Waals surface area (Å²) in [5.41, 5.74) is 10.5. The van der Waals surface area contributed by atoms with Gasteiger partial charge in [0.05, 0.1) is 19.0 Å². The molecule has 21 nitrogen and oxygen atoms in total. The van der Waals surface area contributed by atoms with Crippen LogP contribution in [0.1, 0.15) is 122 Å². The highest BCUT2D eigenvalue weighted by Crippen LogP contribution is 2.48. The first-order valence-electron chi connectivity index (χ1n) is 22.6. The van der Waals surface area contributed by atoms with E-state index in [0.29, 0.717) is 13.0 Å². The van der Waals surface area contributed by atoms with Crippen LogP contribution in [-0.2, 0) is 42.1 Å². The van der Waals surface area contributed by atoms with Crippen LogP contribution in [0.3, 0.4) is 0 Å². The number of aromatic amines is 1. The molecule has 5 unspecified atom stereocenters. The van der Waals surface area contributed by atoms with E-state index in [0.717, 1.165) is 32.8 Å². The van der Waals surface area contributed by atoms with Crippen molar-refractivity contribution in [2.45, 2.75) is 153 Å². The minimum atomic E-state index is -4.66. The number of unbranched alkanes of at least 4 members (excludes halogenated alkanes) is 14. The number of amides is 1. The Morgan fingerprint density at radius 2 is 1.44 bits per heavy atom. The van der Waals surface area contributed by atoms with E-state index >= 15 is 0 Å². The topological polar surface area (TPSA) is 273 Å².